The van der Waals surface area contributed by atoms with Gasteiger partial charge in [0, 0.05) is 26.2 Å². The van der Waals surface area contributed by atoms with Gasteiger partial charge in [-0.05, 0) is 62.3 Å². The van der Waals surface area contributed by atoms with Crippen LogP contribution in [0.3, 0.4) is 0 Å². The summed E-state index contributed by atoms with van der Waals surface area (Å²) in [5.41, 5.74) is -2.81. The summed E-state index contributed by atoms with van der Waals surface area (Å²) in [6.07, 6.45) is -0.709. The lowest BCUT2D eigenvalue weighted by molar-refractivity contribution is -0.260. The molecule has 4 heterocycles. The van der Waals surface area contributed by atoms with Gasteiger partial charge >= 0.3 is 6.18 Å². The molecule has 1 spiro atoms. The summed E-state index contributed by atoms with van der Waals surface area (Å²) in [4.78, 5) is 25.8. The molecular weight excluding hydrogens is 475 g/mol. The summed E-state index contributed by atoms with van der Waals surface area (Å²) in [5.74, 6) is 0.399. The molecule has 2 aromatic rings. The number of carbonyl (C=O) groups excluding carboxylic acids is 1. The van der Waals surface area contributed by atoms with Crippen LogP contribution in [0, 0.1) is 5.41 Å². The van der Waals surface area contributed by atoms with Crippen molar-refractivity contribution < 1.29 is 27.8 Å². The Hall–Kier alpha value is -2.92. The Morgan fingerprint density at radius 3 is 2.33 bits per heavy atom. The highest BCUT2D eigenvalue weighted by molar-refractivity contribution is 6.04. The van der Waals surface area contributed by atoms with E-state index in [9.17, 15) is 23.1 Å². The van der Waals surface area contributed by atoms with Crippen LogP contribution in [-0.2, 0) is 10.3 Å². The van der Waals surface area contributed by atoms with Gasteiger partial charge in [0.15, 0.2) is 11.4 Å². The highest BCUT2D eigenvalue weighted by atomic mass is 19.4. The van der Waals surface area contributed by atoms with Crippen molar-refractivity contribution in [2.45, 2.75) is 44.4 Å². The molecule has 194 valence electrons. The van der Waals surface area contributed by atoms with Gasteiger partial charge in [-0.2, -0.15) is 13.2 Å². The first-order valence-electron chi connectivity index (χ1n) is 12.2. The smallest absolute Gasteiger partial charge is 0.378 e. The highest BCUT2D eigenvalue weighted by Gasteiger charge is 2.52. The molecule has 36 heavy (non-hydrogen) atoms. The van der Waals surface area contributed by atoms with Crippen LogP contribution >= 0.6 is 0 Å². The van der Waals surface area contributed by atoms with Crippen molar-refractivity contribution in [2.75, 3.05) is 54.5 Å². The van der Waals surface area contributed by atoms with Crippen LogP contribution in [0.15, 0.2) is 30.3 Å². The molecule has 0 aromatic carbocycles. The lowest BCUT2D eigenvalue weighted by atomic mass is 9.93. The van der Waals surface area contributed by atoms with E-state index < -0.39 is 23.4 Å². The molecule has 0 radical (unpaired) electrons. The SMILES string of the molecule is CC(O)(c1ccc(NC(=O)c2cccc(N3CCOCC3)n2)c(N2CCC3(CC2)CC3)n1)C(F)(F)F. The maximum Gasteiger partial charge on any atom is 0.422 e. The molecule has 1 amide bonds. The molecule has 2 N–H and O–H groups in total. The van der Waals surface area contributed by atoms with Gasteiger partial charge in [-0.25, -0.2) is 9.97 Å². The predicted octanol–water partition coefficient (Wildman–Crippen LogP) is 3.72. The molecule has 3 aliphatic rings. The van der Waals surface area contributed by atoms with Crippen molar-refractivity contribution in [3.63, 3.8) is 0 Å². The molecular formula is C25H30F3N5O3. The third-order valence-corrected chi connectivity index (χ3v) is 7.56. The van der Waals surface area contributed by atoms with Gasteiger partial charge in [0.2, 0.25) is 0 Å². The number of alkyl halides is 3. The van der Waals surface area contributed by atoms with Crippen molar-refractivity contribution in [2.24, 2.45) is 5.41 Å². The van der Waals surface area contributed by atoms with Gasteiger partial charge in [0.05, 0.1) is 24.6 Å². The summed E-state index contributed by atoms with van der Waals surface area (Å²) in [7, 11) is 0. The number of carbonyl (C=O) groups is 1. The van der Waals surface area contributed by atoms with E-state index in [4.69, 9.17) is 4.74 Å². The van der Waals surface area contributed by atoms with Crippen LogP contribution in [0.1, 0.15) is 48.8 Å². The van der Waals surface area contributed by atoms with Crippen molar-refractivity contribution in [3.8, 4) is 0 Å². The lowest BCUT2D eigenvalue weighted by Gasteiger charge is -2.35. The number of piperidine rings is 1. The molecule has 8 nitrogen and oxygen atoms in total. The van der Waals surface area contributed by atoms with E-state index >= 15 is 0 Å². The van der Waals surface area contributed by atoms with Crippen LogP contribution < -0.4 is 15.1 Å². The van der Waals surface area contributed by atoms with E-state index in [1.54, 1.807) is 12.1 Å². The fourth-order valence-corrected chi connectivity index (χ4v) is 4.78. The molecule has 2 aromatic heterocycles. The van der Waals surface area contributed by atoms with E-state index in [1.807, 2.05) is 15.9 Å². The zero-order valence-corrected chi connectivity index (χ0v) is 20.1. The monoisotopic (exact) mass is 505 g/mol. The maximum atomic E-state index is 13.5. The molecule has 3 fully saturated rings. The summed E-state index contributed by atoms with van der Waals surface area (Å²) >= 11 is 0. The quantitative estimate of drug-likeness (QED) is 0.640. The zero-order valence-electron chi connectivity index (χ0n) is 20.1. The highest BCUT2D eigenvalue weighted by Crippen LogP contribution is 2.54. The fraction of sp³-hybridized carbons (Fsp3) is 0.560. The molecule has 1 saturated carbocycles. The Bertz CT molecular complexity index is 1120. The van der Waals surface area contributed by atoms with E-state index in [0.717, 1.165) is 18.9 Å². The molecule has 1 unspecified atom stereocenters. The number of nitrogens with one attached hydrogen (secondary N) is 1. The first-order valence-corrected chi connectivity index (χ1v) is 12.2. The second kappa shape index (κ2) is 9.19. The van der Waals surface area contributed by atoms with Gasteiger partial charge in [0.1, 0.15) is 11.5 Å². The Kier molecular flexibility index (Phi) is 6.32. The molecule has 11 heteroatoms. The minimum Gasteiger partial charge on any atom is -0.378 e. The second-order valence-corrected chi connectivity index (χ2v) is 10.1. The average molecular weight is 506 g/mol. The Labute approximate surface area is 207 Å². The van der Waals surface area contributed by atoms with E-state index in [2.05, 4.69) is 15.3 Å². The van der Waals surface area contributed by atoms with Crippen molar-refractivity contribution in [3.05, 3.63) is 41.7 Å². The Morgan fingerprint density at radius 1 is 1.00 bits per heavy atom. The predicted molar refractivity (Wildman–Crippen MR) is 128 cm³/mol. The van der Waals surface area contributed by atoms with Gasteiger partial charge in [-0.15, -0.1) is 0 Å². The first-order chi connectivity index (χ1) is 17.1. The average Bonchev–Trinajstić information content (AvgIpc) is 3.63. The minimum atomic E-state index is -4.90. The third kappa shape index (κ3) is 4.86. The van der Waals surface area contributed by atoms with Crippen LogP contribution in [0.5, 0.6) is 0 Å². The lowest BCUT2D eigenvalue weighted by Crippen LogP contribution is -2.41. The second-order valence-electron chi connectivity index (χ2n) is 10.1. The molecule has 0 bridgehead atoms. The number of amides is 1. The maximum absolute atomic E-state index is 13.5. The molecule has 5 rings (SSSR count). The standard InChI is InChI=1S/C25H30F3N5O3/c1-23(35,25(26,27)28)19-6-5-17(21(31-19)33-11-9-24(7-8-24)10-12-33)30-22(34)18-3-2-4-20(29-18)32-13-15-36-16-14-32/h2-6,35H,7-16H2,1H3,(H,30,34). The molecule has 2 saturated heterocycles. The van der Waals surface area contributed by atoms with Gasteiger partial charge in [0.25, 0.3) is 5.91 Å². The number of anilines is 3. The summed E-state index contributed by atoms with van der Waals surface area (Å²) in [5, 5.41) is 13.0. The van der Waals surface area contributed by atoms with Crippen molar-refractivity contribution in [1.29, 1.82) is 0 Å². The number of hydrogen-bond donors (Lipinski definition) is 2. The number of hydrogen-bond acceptors (Lipinski definition) is 7. The normalized spacial score (nSPS) is 21.2. The van der Waals surface area contributed by atoms with Crippen molar-refractivity contribution >= 4 is 23.2 Å². The van der Waals surface area contributed by atoms with E-state index in [-0.39, 0.29) is 17.2 Å². The van der Waals surface area contributed by atoms with Gasteiger partial charge in [-0.1, -0.05) is 6.07 Å². The zero-order chi connectivity index (χ0) is 25.6. The van der Waals surface area contributed by atoms with Gasteiger partial charge < -0.3 is 25.0 Å². The van der Waals surface area contributed by atoms with Crippen LogP contribution in [0.2, 0.25) is 0 Å². The third-order valence-electron chi connectivity index (χ3n) is 7.56. The number of aromatic nitrogens is 2. The van der Waals surface area contributed by atoms with Crippen LogP contribution in [0.25, 0.3) is 0 Å². The fourth-order valence-electron chi connectivity index (χ4n) is 4.78. The molecule has 2 aliphatic heterocycles. The topological polar surface area (TPSA) is 90.8 Å². The summed E-state index contributed by atoms with van der Waals surface area (Å²) < 4.78 is 46.0. The Balaban J connectivity index is 1.42. The summed E-state index contributed by atoms with van der Waals surface area (Å²) in [6, 6.07) is 7.65. The minimum absolute atomic E-state index is 0.187. The number of halogens is 3. The van der Waals surface area contributed by atoms with E-state index in [0.29, 0.717) is 57.5 Å². The number of pyridine rings is 2. The largest absolute Gasteiger partial charge is 0.422 e. The number of ether oxygens (including phenoxy) is 1. The Morgan fingerprint density at radius 2 is 1.69 bits per heavy atom. The summed E-state index contributed by atoms with van der Waals surface area (Å²) in [6.45, 7) is 4.44. The number of rotatable bonds is 5. The van der Waals surface area contributed by atoms with Crippen molar-refractivity contribution in [1.82, 2.24) is 9.97 Å². The van der Waals surface area contributed by atoms with Crippen LogP contribution in [-0.4, -0.2) is 66.6 Å². The number of nitrogens with zero attached hydrogens (tertiary/aromatic N) is 4. The first kappa shape index (κ1) is 24.8. The van der Waals surface area contributed by atoms with Gasteiger partial charge in [-0.3, -0.25) is 4.79 Å². The molecule has 1 atom stereocenters. The van der Waals surface area contributed by atoms with Crippen LogP contribution in [0.4, 0.5) is 30.5 Å². The molecule has 1 aliphatic carbocycles. The van der Waals surface area contributed by atoms with E-state index in [1.165, 1.54) is 18.9 Å². The number of morpholine rings is 1. The number of aliphatic hydroxyl groups is 1.